The number of aliphatic hydroxyl groups excluding tert-OH is 1. The number of rotatable bonds is 1. The van der Waals surface area contributed by atoms with Crippen LogP contribution in [0.1, 0.15) is 29.8 Å². The van der Waals surface area contributed by atoms with Crippen LogP contribution in [0.5, 0.6) is 0 Å². The summed E-state index contributed by atoms with van der Waals surface area (Å²) in [5.41, 5.74) is 0.850. The summed E-state index contributed by atoms with van der Waals surface area (Å²) in [6.45, 7) is 3.26. The Kier molecular flexibility index (Phi) is 3.02. The predicted molar refractivity (Wildman–Crippen MR) is 62.1 cm³/mol. The molecule has 2 nitrogen and oxygen atoms in total. The average molecular weight is 255 g/mol. The van der Waals surface area contributed by atoms with E-state index in [2.05, 4.69) is 4.98 Å². The Morgan fingerprint density at radius 2 is 1.89 bits per heavy atom. The Bertz CT molecular complexity index is 591. The lowest BCUT2D eigenvalue weighted by atomic mass is 10.0. The van der Waals surface area contributed by atoms with Crippen molar-refractivity contribution in [2.24, 2.45) is 0 Å². The van der Waals surface area contributed by atoms with E-state index in [1.54, 1.807) is 13.0 Å². The lowest BCUT2D eigenvalue weighted by Crippen LogP contribution is -2.05. The largest absolute Gasteiger partial charge is 0.416 e. The smallest absolute Gasteiger partial charge is 0.389 e. The van der Waals surface area contributed by atoms with Gasteiger partial charge >= 0.3 is 6.18 Å². The van der Waals surface area contributed by atoms with Crippen molar-refractivity contribution in [1.82, 2.24) is 4.98 Å². The molecule has 1 unspecified atom stereocenters. The number of pyridine rings is 1. The summed E-state index contributed by atoms with van der Waals surface area (Å²) in [6, 6.07) is 4.97. The van der Waals surface area contributed by atoms with Gasteiger partial charge in [-0.25, -0.2) is 0 Å². The van der Waals surface area contributed by atoms with Gasteiger partial charge in [-0.3, -0.25) is 4.98 Å². The van der Waals surface area contributed by atoms with Crippen LogP contribution in [0.15, 0.2) is 24.3 Å². The van der Waals surface area contributed by atoms with Crippen LogP contribution >= 0.6 is 0 Å². The Hall–Kier alpha value is -1.62. The van der Waals surface area contributed by atoms with Gasteiger partial charge in [0.05, 0.1) is 17.2 Å². The highest BCUT2D eigenvalue weighted by Gasteiger charge is 2.30. The molecule has 1 N–H and O–H groups in total. The molecule has 5 heteroatoms. The van der Waals surface area contributed by atoms with E-state index in [9.17, 15) is 18.3 Å². The minimum atomic E-state index is -4.39. The van der Waals surface area contributed by atoms with Gasteiger partial charge in [0.1, 0.15) is 0 Å². The Balaban J connectivity index is 2.75. The summed E-state index contributed by atoms with van der Waals surface area (Å²) in [5.74, 6) is 0. The summed E-state index contributed by atoms with van der Waals surface area (Å²) in [5, 5.41) is 9.97. The number of nitrogens with zero attached hydrogens (tertiary/aromatic N) is 1. The molecule has 0 amide bonds. The summed E-state index contributed by atoms with van der Waals surface area (Å²) in [7, 11) is 0. The maximum atomic E-state index is 12.6. The van der Waals surface area contributed by atoms with Crippen LogP contribution in [0.3, 0.4) is 0 Å². The minimum Gasteiger partial charge on any atom is -0.389 e. The fraction of sp³-hybridized carbons (Fsp3) is 0.308. The van der Waals surface area contributed by atoms with E-state index in [1.165, 1.54) is 13.0 Å². The number of benzene rings is 1. The van der Waals surface area contributed by atoms with Crippen LogP contribution < -0.4 is 0 Å². The fourth-order valence-corrected chi connectivity index (χ4v) is 1.91. The zero-order valence-corrected chi connectivity index (χ0v) is 9.92. The SMILES string of the molecule is Cc1cc(C(C)O)c2cc(C(F)(F)F)ccc2n1. The van der Waals surface area contributed by atoms with Crippen molar-refractivity contribution in [1.29, 1.82) is 0 Å². The number of hydrogen-bond donors (Lipinski definition) is 1. The standard InChI is InChI=1S/C13H12F3NO/c1-7-5-10(8(2)18)11-6-9(13(14,15)16)3-4-12(11)17-7/h3-6,8,18H,1-2H3. The first-order valence-corrected chi connectivity index (χ1v) is 5.45. The maximum absolute atomic E-state index is 12.6. The van der Waals surface area contributed by atoms with Gasteiger partial charge in [-0.2, -0.15) is 13.2 Å². The number of aliphatic hydroxyl groups is 1. The van der Waals surface area contributed by atoms with Gasteiger partial charge in [0.15, 0.2) is 0 Å². The molecule has 96 valence electrons. The fourth-order valence-electron chi connectivity index (χ4n) is 1.91. The van der Waals surface area contributed by atoms with Crippen molar-refractivity contribution in [3.63, 3.8) is 0 Å². The number of aromatic nitrogens is 1. The molecule has 0 fully saturated rings. The van der Waals surface area contributed by atoms with Crippen LogP contribution in [0, 0.1) is 6.92 Å². The van der Waals surface area contributed by atoms with Gasteiger partial charge in [0.25, 0.3) is 0 Å². The van der Waals surface area contributed by atoms with E-state index in [0.29, 0.717) is 22.2 Å². The third-order valence-corrected chi connectivity index (χ3v) is 2.75. The molecule has 0 aliphatic carbocycles. The average Bonchev–Trinajstić information content (AvgIpc) is 2.25. The topological polar surface area (TPSA) is 33.1 Å². The molecular formula is C13H12F3NO. The van der Waals surface area contributed by atoms with Crippen molar-refractivity contribution in [2.75, 3.05) is 0 Å². The highest BCUT2D eigenvalue weighted by Crippen LogP contribution is 2.33. The lowest BCUT2D eigenvalue weighted by molar-refractivity contribution is -0.137. The van der Waals surface area contributed by atoms with E-state index in [-0.39, 0.29) is 0 Å². The van der Waals surface area contributed by atoms with Gasteiger partial charge in [-0.1, -0.05) is 0 Å². The molecule has 2 rings (SSSR count). The second-order valence-electron chi connectivity index (χ2n) is 4.26. The lowest BCUT2D eigenvalue weighted by Gasteiger charge is -2.13. The normalized spacial score (nSPS) is 13.9. The van der Waals surface area contributed by atoms with Crippen molar-refractivity contribution >= 4 is 10.9 Å². The molecule has 0 spiro atoms. The van der Waals surface area contributed by atoms with Gasteiger partial charge in [0.2, 0.25) is 0 Å². The van der Waals surface area contributed by atoms with Crippen molar-refractivity contribution in [3.05, 3.63) is 41.1 Å². The summed E-state index contributed by atoms with van der Waals surface area (Å²) >= 11 is 0. The van der Waals surface area contributed by atoms with E-state index in [1.807, 2.05) is 0 Å². The first-order valence-electron chi connectivity index (χ1n) is 5.45. The highest BCUT2D eigenvalue weighted by molar-refractivity contribution is 5.83. The second-order valence-corrected chi connectivity index (χ2v) is 4.26. The quantitative estimate of drug-likeness (QED) is 0.844. The molecule has 0 aliphatic heterocycles. The van der Waals surface area contributed by atoms with Gasteiger partial charge < -0.3 is 5.11 Å². The second kappa shape index (κ2) is 4.24. The summed E-state index contributed by atoms with van der Waals surface area (Å²) in [4.78, 5) is 4.16. The Morgan fingerprint density at radius 3 is 2.44 bits per heavy atom. The molecule has 1 aromatic heterocycles. The molecule has 0 saturated heterocycles. The molecule has 1 atom stereocenters. The van der Waals surface area contributed by atoms with Crippen LogP contribution in [-0.2, 0) is 6.18 Å². The summed E-state index contributed by atoms with van der Waals surface area (Å²) in [6.07, 6.45) is -5.23. The van der Waals surface area contributed by atoms with Crippen molar-refractivity contribution in [2.45, 2.75) is 26.1 Å². The molecule has 0 radical (unpaired) electrons. The molecule has 0 saturated carbocycles. The van der Waals surface area contributed by atoms with Crippen LogP contribution in [0.2, 0.25) is 0 Å². The van der Waals surface area contributed by atoms with E-state index >= 15 is 0 Å². The molecule has 1 aromatic carbocycles. The van der Waals surface area contributed by atoms with Crippen LogP contribution in [0.25, 0.3) is 10.9 Å². The Morgan fingerprint density at radius 1 is 1.22 bits per heavy atom. The molecule has 2 aromatic rings. The van der Waals surface area contributed by atoms with Crippen molar-refractivity contribution < 1.29 is 18.3 Å². The highest BCUT2D eigenvalue weighted by atomic mass is 19.4. The zero-order chi connectivity index (χ0) is 13.5. The molecular weight excluding hydrogens is 243 g/mol. The first-order chi connectivity index (χ1) is 8.29. The van der Waals surface area contributed by atoms with Crippen LogP contribution in [-0.4, -0.2) is 10.1 Å². The van der Waals surface area contributed by atoms with Crippen molar-refractivity contribution in [3.8, 4) is 0 Å². The number of alkyl halides is 3. The number of halogens is 3. The van der Waals surface area contributed by atoms with E-state index < -0.39 is 17.8 Å². The number of aryl methyl sites for hydroxylation is 1. The minimum absolute atomic E-state index is 0.338. The Labute approximate surface area is 102 Å². The molecule has 1 heterocycles. The molecule has 18 heavy (non-hydrogen) atoms. The number of fused-ring (bicyclic) bond motifs is 1. The third-order valence-electron chi connectivity index (χ3n) is 2.75. The predicted octanol–water partition coefficient (Wildman–Crippen LogP) is 3.62. The van der Waals surface area contributed by atoms with E-state index in [0.717, 1.165) is 12.1 Å². The van der Waals surface area contributed by atoms with Gasteiger partial charge in [0, 0.05) is 11.1 Å². The summed E-state index contributed by atoms with van der Waals surface area (Å²) < 4.78 is 37.9. The molecule has 0 bridgehead atoms. The van der Waals surface area contributed by atoms with Gasteiger partial charge in [-0.15, -0.1) is 0 Å². The van der Waals surface area contributed by atoms with Crippen LogP contribution in [0.4, 0.5) is 13.2 Å². The number of hydrogen-bond acceptors (Lipinski definition) is 2. The van der Waals surface area contributed by atoms with E-state index in [4.69, 9.17) is 0 Å². The zero-order valence-electron chi connectivity index (χ0n) is 9.92. The monoisotopic (exact) mass is 255 g/mol. The third kappa shape index (κ3) is 2.31. The van der Waals surface area contributed by atoms with Gasteiger partial charge in [-0.05, 0) is 43.7 Å². The first kappa shape index (κ1) is 12.8. The molecule has 0 aliphatic rings. The maximum Gasteiger partial charge on any atom is 0.416 e.